The molecule has 0 bridgehead atoms. The van der Waals surface area contributed by atoms with Crippen molar-refractivity contribution in [3.63, 3.8) is 0 Å². The maximum absolute atomic E-state index is 3.22. The highest BCUT2D eigenvalue weighted by Crippen LogP contribution is 2.14. The average molecular weight is 189 g/mol. The van der Waals surface area contributed by atoms with Crippen LogP contribution < -0.4 is 5.32 Å². The first kappa shape index (κ1) is 10.8. The van der Waals surface area contributed by atoms with Crippen molar-refractivity contribution >= 4 is 5.57 Å². The fourth-order valence-electron chi connectivity index (χ4n) is 1.38. The molecule has 0 aromatic heterocycles. The van der Waals surface area contributed by atoms with Gasteiger partial charge < -0.3 is 5.32 Å². The van der Waals surface area contributed by atoms with Crippen molar-refractivity contribution in [1.29, 1.82) is 0 Å². The SMILES string of the molecule is CCN/C=C(\C)c1cccc(CC)c1. The number of hydrogen-bond donors (Lipinski definition) is 1. The highest BCUT2D eigenvalue weighted by atomic mass is 14.8. The molecule has 0 heterocycles. The van der Waals surface area contributed by atoms with Gasteiger partial charge in [-0.15, -0.1) is 0 Å². The number of rotatable bonds is 4. The van der Waals surface area contributed by atoms with Crippen LogP contribution in [0.3, 0.4) is 0 Å². The number of hydrogen-bond acceptors (Lipinski definition) is 1. The normalized spacial score (nSPS) is 11.5. The van der Waals surface area contributed by atoms with Crippen LogP contribution in [0.1, 0.15) is 31.9 Å². The lowest BCUT2D eigenvalue weighted by atomic mass is 10.0. The van der Waals surface area contributed by atoms with E-state index < -0.39 is 0 Å². The topological polar surface area (TPSA) is 12.0 Å². The van der Waals surface area contributed by atoms with Crippen molar-refractivity contribution in [3.8, 4) is 0 Å². The summed E-state index contributed by atoms with van der Waals surface area (Å²) in [5, 5.41) is 3.22. The summed E-state index contributed by atoms with van der Waals surface area (Å²) in [5.41, 5.74) is 4.00. The van der Waals surface area contributed by atoms with Gasteiger partial charge in [0.2, 0.25) is 0 Å². The molecule has 0 spiro atoms. The van der Waals surface area contributed by atoms with E-state index in [-0.39, 0.29) is 0 Å². The van der Waals surface area contributed by atoms with Gasteiger partial charge in [0.15, 0.2) is 0 Å². The fraction of sp³-hybridized carbons (Fsp3) is 0.385. The molecule has 0 saturated heterocycles. The Hall–Kier alpha value is -1.24. The van der Waals surface area contributed by atoms with Crippen LogP contribution in [0.25, 0.3) is 5.57 Å². The molecular weight excluding hydrogens is 170 g/mol. The van der Waals surface area contributed by atoms with Gasteiger partial charge in [-0.25, -0.2) is 0 Å². The van der Waals surface area contributed by atoms with Crippen molar-refractivity contribution in [2.24, 2.45) is 0 Å². The first-order valence-corrected chi connectivity index (χ1v) is 5.27. The van der Waals surface area contributed by atoms with Gasteiger partial charge in [0.1, 0.15) is 0 Å². The van der Waals surface area contributed by atoms with E-state index in [9.17, 15) is 0 Å². The van der Waals surface area contributed by atoms with E-state index in [0.717, 1.165) is 13.0 Å². The second-order valence-electron chi connectivity index (χ2n) is 3.44. The molecule has 76 valence electrons. The van der Waals surface area contributed by atoms with Gasteiger partial charge >= 0.3 is 0 Å². The molecule has 1 aromatic carbocycles. The van der Waals surface area contributed by atoms with Gasteiger partial charge in [-0.3, -0.25) is 0 Å². The number of benzene rings is 1. The van der Waals surface area contributed by atoms with E-state index >= 15 is 0 Å². The molecule has 0 aliphatic carbocycles. The molecule has 14 heavy (non-hydrogen) atoms. The molecular formula is C13H19N. The van der Waals surface area contributed by atoms with Crippen LogP contribution in [-0.4, -0.2) is 6.54 Å². The third kappa shape index (κ3) is 2.91. The Kier molecular flexibility index (Phi) is 4.24. The van der Waals surface area contributed by atoms with Crippen molar-refractivity contribution in [3.05, 3.63) is 41.6 Å². The minimum Gasteiger partial charge on any atom is -0.391 e. The van der Waals surface area contributed by atoms with Gasteiger partial charge in [0, 0.05) is 6.54 Å². The molecule has 1 rings (SSSR count). The Morgan fingerprint density at radius 3 is 2.79 bits per heavy atom. The van der Waals surface area contributed by atoms with E-state index in [2.05, 4.69) is 56.6 Å². The predicted molar refractivity (Wildman–Crippen MR) is 63.1 cm³/mol. The first-order valence-electron chi connectivity index (χ1n) is 5.27. The minimum atomic E-state index is 0.977. The Morgan fingerprint density at radius 2 is 2.14 bits per heavy atom. The second kappa shape index (κ2) is 5.48. The summed E-state index contributed by atoms with van der Waals surface area (Å²) in [7, 11) is 0. The lowest BCUT2D eigenvalue weighted by Crippen LogP contribution is -2.03. The second-order valence-corrected chi connectivity index (χ2v) is 3.44. The lowest BCUT2D eigenvalue weighted by molar-refractivity contribution is 0.920. The van der Waals surface area contributed by atoms with E-state index in [1.807, 2.05) is 0 Å². The zero-order valence-corrected chi connectivity index (χ0v) is 9.30. The number of aryl methyl sites for hydroxylation is 1. The molecule has 1 heteroatoms. The Morgan fingerprint density at radius 1 is 1.36 bits per heavy atom. The maximum atomic E-state index is 3.22. The van der Waals surface area contributed by atoms with Crippen molar-refractivity contribution in [2.45, 2.75) is 27.2 Å². The van der Waals surface area contributed by atoms with Gasteiger partial charge in [-0.1, -0.05) is 31.2 Å². The molecule has 0 fully saturated rings. The quantitative estimate of drug-likeness (QED) is 0.767. The van der Waals surface area contributed by atoms with Crippen LogP contribution in [0.2, 0.25) is 0 Å². The van der Waals surface area contributed by atoms with Crippen molar-refractivity contribution in [1.82, 2.24) is 5.32 Å². The zero-order valence-electron chi connectivity index (χ0n) is 9.30. The Labute approximate surface area is 86.8 Å². The summed E-state index contributed by atoms with van der Waals surface area (Å²) >= 11 is 0. The summed E-state index contributed by atoms with van der Waals surface area (Å²) in [6.07, 6.45) is 3.18. The van der Waals surface area contributed by atoms with Gasteiger partial charge in [0.25, 0.3) is 0 Å². The molecule has 0 radical (unpaired) electrons. The van der Waals surface area contributed by atoms with E-state index in [0.29, 0.717) is 0 Å². The summed E-state index contributed by atoms with van der Waals surface area (Å²) in [6, 6.07) is 8.70. The van der Waals surface area contributed by atoms with Crippen LogP contribution in [0.15, 0.2) is 30.5 Å². The first-order chi connectivity index (χ1) is 6.77. The largest absolute Gasteiger partial charge is 0.391 e. The van der Waals surface area contributed by atoms with E-state index in [1.54, 1.807) is 0 Å². The third-order valence-corrected chi connectivity index (χ3v) is 2.31. The average Bonchev–Trinajstić information content (AvgIpc) is 2.26. The molecule has 0 saturated carbocycles. The lowest BCUT2D eigenvalue weighted by Gasteiger charge is -2.04. The molecule has 0 aliphatic rings. The van der Waals surface area contributed by atoms with E-state index in [1.165, 1.54) is 16.7 Å². The van der Waals surface area contributed by atoms with E-state index in [4.69, 9.17) is 0 Å². The Bertz CT molecular complexity index is 313. The Balaban J connectivity index is 2.84. The predicted octanol–water partition coefficient (Wildman–Crippen LogP) is 3.22. The van der Waals surface area contributed by atoms with Crippen LogP contribution in [0.5, 0.6) is 0 Å². The van der Waals surface area contributed by atoms with Crippen LogP contribution in [-0.2, 0) is 6.42 Å². The highest BCUT2D eigenvalue weighted by molar-refractivity contribution is 5.63. The zero-order chi connectivity index (χ0) is 10.4. The monoisotopic (exact) mass is 189 g/mol. The third-order valence-electron chi connectivity index (χ3n) is 2.31. The molecule has 0 atom stereocenters. The fourth-order valence-corrected chi connectivity index (χ4v) is 1.38. The van der Waals surface area contributed by atoms with Gasteiger partial charge in [-0.05, 0) is 43.2 Å². The summed E-state index contributed by atoms with van der Waals surface area (Å²) in [4.78, 5) is 0. The number of allylic oxidation sites excluding steroid dienone is 1. The smallest absolute Gasteiger partial charge is 0.0113 e. The van der Waals surface area contributed by atoms with Crippen molar-refractivity contribution in [2.75, 3.05) is 6.54 Å². The molecule has 1 aromatic rings. The standard InChI is InChI=1S/C13H19N/c1-4-12-7-6-8-13(9-12)11(3)10-14-5-2/h6-10,14H,4-5H2,1-3H3/b11-10+. The molecule has 1 nitrogen and oxygen atoms in total. The van der Waals surface area contributed by atoms with Crippen LogP contribution in [0, 0.1) is 0 Å². The summed E-state index contributed by atoms with van der Waals surface area (Å²) in [6.45, 7) is 7.40. The summed E-state index contributed by atoms with van der Waals surface area (Å²) in [5.74, 6) is 0. The van der Waals surface area contributed by atoms with Crippen molar-refractivity contribution < 1.29 is 0 Å². The summed E-state index contributed by atoms with van der Waals surface area (Å²) < 4.78 is 0. The van der Waals surface area contributed by atoms with Gasteiger partial charge in [0.05, 0.1) is 0 Å². The molecule has 0 unspecified atom stereocenters. The van der Waals surface area contributed by atoms with Gasteiger partial charge in [-0.2, -0.15) is 0 Å². The number of nitrogens with one attached hydrogen (secondary N) is 1. The molecule has 1 N–H and O–H groups in total. The highest BCUT2D eigenvalue weighted by Gasteiger charge is 1.95. The maximum Gasteiger partial charge on any atom is 0.0113 e. The minimum absolute atomic E-state index is 0.977. The van der Waals surface area contributed by atoms with Crippen LogP contribution >= 0.6 is 0 Å². The molecule has 0 amide bonds. The molecule has 0 aliphatic heterocycles. The van der Waals surface area contributed by atoms with Crippen LogP contribution in [0.4, 0.5) is 0 Å².